The molecule has 0 saturated carbocycles. The molecular weight excluding hydrogens is 475 g/mol. The summed E-state index contributed by atoms with van der Waals surface area (Å²) >= 11 is 0. The van der Waals surface area contributed by atoms with Gasteiger partial charge in [-0.1, -0.05) is 12.1 Å². The zero-order chi connectivity index (χ0) is 26.1. The van der Waals surface area contributed by atoms with Crippen molar-refractivity contribution in [3.05, 3.63) is 101 Å². The van der Waals surface area contributed by atoms with E-state index in [2.05, 4.69) is 4.98 Å². The van der Waals surface area contributed by atoms with Crippen molar-refractivity contribution in [2.24, 2.45) is 0 Å². The number of H-pyrrole nitrogens is 1. The maximum absolute atomic E-state index is 13.7. The van der Waals surface area contributed by atoms with Crippen LogP contribution in [-0.4, -0.2) is 47.4 Å². The highest BCUT2D eigenvalue weighted by molar-refractivity contribution is 6.46. The minimum Gasteiger partial charge on any atom is -0.507 e. The summed E-state index contributed by atoms with van der Waals surface area (Å²) in [5, 5.41) is 12.1. The number of Topliss-reactive ketones (excluding diaryl/α,β-unsaturated/α-hetero) is 1. The largest absolute Gasteiger partial charge is 0.507 e. The number of hydrogen-bond acceptors (Lipinski definition) is 5. The van der Waals surface area contributed by atoms with Gasteiger partial charge in [0.2, 0.25) is 0 Å². The molecule has 1 fully saturated rings. The first-order valence-corrected chi connectivity index (χ1v) is 11.7. The number of nitrogens with one attached hydrogen (secondary N) is 1. The zero-order valence-electron chi connectivity index (χ0n) is 20.3. The summed E-state index contributed by atoms with van der Waals surface area (Å²) < 4.78 is 24.2. The number of methoxy groups -OCH3 is 2. The van der Waals surface area contributed by atoms with Crippen molar-refractivity contribution in [1.82, 2.24) is 9.88 Å². The Hall–Kier alpha value is -4.59. The maximum Gasteiger partial charge on any atom is 0.295 e. The Bertz CT molecular complexity index is 1510. The summed E-state index contributed by atoms with van der Waals surface area (Å²) in [4.78, 5) is 31.1. The summed E-state index contributed by atoms with van der Waals surface area (Å²) in [7, 11) is 3.12. The third-order valence-electron chi connectivity index (χ3n) is 6.69. The Morgan fingerprint density at radius 1 is 0.973 bits per heavy atom. The van der Waals surface area contributed by atoms with Crippen molar-refractivity contribution in [2.75, 3.05) is 20.8 Å². The molecule has 0 aliphatic carbocycles. The normalized spacial score (nSPS) is 16.9. The van der Waals surface area contributed by atoms with Crippen molar-refractivity contribution >= 4 is 28.4 Å². The van der Waals surface area contributed by atoms with Gasteiger partial charge in [-0.25, -0.2) is 4.39 Å². The third-order valence-corrected chi connectivity index (χ3v) is 6.69. The molecule has 4 aromatic rings. The molecule has 7 nitrogen and oxygen atoms in total. The fraction of sp³-hybridized carbons (Fsp3) is 0.172. The van der Waals surface area contributed by atoms with Gasteiger partial charge in [0, 0.05) is 29.2 Å². The fourth-order valence-corrected chi connectivity index (χ4v) is 4.74. The lowest BCUT2D eigenvalue weighted by Crippen LogP contribution is -2.31. The Morgan fingerprint density at radius 3 is 2.32 bits per heavy atom. The van der Waals surface area contributed by atoms with Crippen LogP contribution >= 0.6 is 0 Å². The molecule has 0 bridgehead atoms. The summed E-state index contributed by atoms with van der Waals surface area (Å²) in [6.45, 7) is 0.205. The summed E-state index contributed by atoms with van der Waals surface area (Å²) in [6.07, 6.45) is 2.31. The number of halogens is 1. The second-order valence-corrected chi connectivity index (χ2v) is 8.75. The van der Waals surface area contributed by atoms with Gasteiger partial charge in [-0.05, 0) is 72.1 Å². The molecule has 1 aromatic heterocycles. The van der Waals surface area contributed by atoms with Crippen LogP contribution in [0, 0.1) is 5.82 Å². The number of likely N-dealkylation sites (tertiary alicyclic amines) is 1. The summed E-state index contributed by atoms with van der Waals surface area (Å²) in [5.41, 5.74) is 2.73. The van der Waals surface area contributed by atoms with Gasteiger partial charge in [0.05, 0.1) is 25.8 Å². The van der Waals surface area contributed by atoms with Gasteiger partial charge in [-0.2, -0.15) is 0 Å². The van der Waals surface area contributed by atoms with E-state index in [-0.39, 0.29) is 17.9 Å². The fourth-order valence-electron chi connectivity index (χ4n) is 4.74. The van der Waals surface area contributed by atoms with Crippen molar-refractivity contribution < 1.29 is 28.6 Å². The number of benzene rings is 3. The molecule has 0 radical (unpaired) electrons. The number of rotatable bonds is 7. The van der Waals surface area contributed by atoms with E-state index >= 15 is 0 Å². The smallest absolute Gasteiger partial charge is 0.295 e. The summed E-state index contributed by atoms with van der Waals surface area (Å²) in [6, 6.07) is 16.9. The van der Waals surface area contributed by atoms with Crippen LogP contribution in [0.4, 0.5) is 4.39 Å². The van der Waals surface area contributed by atoms with Gasteiger partial charge in [0.25, 0.3) is 11.7 Å². The van der Waals surface area contributed by atoms with Gasteiger partial charge in [-0.3, -0.25) is 9.59 Å². The van der Waals surface area contributed by atoms with E-state index in [1.54, 1.807) is 31.4 Å². The average molecular weight is 501 g/mol. The lowest BCUT2D eigenvalue weighted by molar-refractivity contribution is -0.139. The highest BCUT2D eigenvalue weighted by Crippen LogP contribution is 2.40. The maximum atomic E-state index is 13.7. The van der Waals surface area contributed by atoms with Crippen molar-refractivity contribution in [3.63, 3.8) is 0 Å². The second kappa shape index (κ2) is 9.81. The van der Waals surface area contributed by atoms with Crippen LogP contribution in [0.25, 0.3) is 16.7 Å². The molecular formula is C29H25FN2O5. The molecule has 1 saturated heterocycles. The zero-order valence-corrected chi connectivity index (χ0v) is 20.3. The van der Waals surface area contributed by atoms with Gasteiger partial charge in [0.1, 0.15) is 23.1 Å². The number of aromatic nitrogens is 1. The second-order valence-electron chi connectivity index (χ2n) is 8.75. The van der Waals surface area contributed by atoms with E-state index in [0.717, 1.165) is 16.5 Å². The number of carbonyl (C=O) groups excluding carboxylic acids is 2. The lowest BCUT2D eigenvalue weighted by atomic mass is 9.95. The monoisotopic (exact) mass is 500 g/mol. The Balaban J connectivity index is 1.54. The molecule has 2 heterocycles. The lowest BCUT2D eigenvalue weighted by Gasteiger charge is -2.25. The quantitative estimate of drug-likeness (QED) is 0.212. The van der Waals surface area contributed by atoms with E-state index in [9.17, 15) is 19.1 Å². The molecule has 1 aliphatic heterocycles. The van der Waals surface area contributed by atoms with Gasteiger partial charge in [-0.15, -0.1) is 0 Å². The highest BCUT2D eigenvalue weighted by atomic mass is 19.1. The molecule has 3 aromatic carbocycles. The van der Waals surface area contributed by atoms with Crippen molar-refractivity contribution in [3.8, 4) is 11.5 Å². The first-order chi connectivity index (χ1) is 17.9. The molecule has 5 rings (SSSR count). The van der Waals surface area contributed by atoms with Crippen LogP contribution in [0.15, 0.2) is 78.5 Å². The molecule has 1 unspecified atom stereocenters. The number of carbonyl (C=O) groups is 2. The van der Waals surface area contributed by atoms with Crippen LogP contribution in [0.3, 0.4) is 0 Å². The molecule has 37 heavy (non-hydrogen) atoms. The van der Waals surface area contributed by atoms with Crippen LogP contribution in [0.1, 0.15) is 22.7 Å². The van der Waals surface area contributed by atoms with Crippen LogP contribution < -0.4 is 9.47 Å². The van der Waals surface area contributed by atoms with Crippen LogP contribution in [0.5, 0.6) is 11.5 Å². The van der Waals surface area contributed by atoms with E-state index < -0.39 is 23.5 Å². The Labute approximate surface area is 212 Å². The van der Waals surface area contributed by atoms with Gasteiger partial charge in [0.15, 0.2) is 0 Å². The topological polar surface area (TPSA) is 91.9 Å². The number of ether oxygens (including phenoxy) is 2. The molecule has 8 heteroatoms. The molecule has 1 aliphatic rings. The van der Waals surface area contributed by atoms with Crippen LogP contribution in [-0.2, 0) is 16.0 Å². The SMILES string of the molecule is COc1ccc(/C(O)=C2/C(=O)C(=O)N(CCc3c[nH]c4ccc(OC)cc34)C2c2ccc(F)cc2)cc1. The minimum atomic E-state index is -0.873. The van der Waals surface area contributed by atoms with E-state index in [4.69, 9.17) is 9.47 Å². The predicted octanol–water partition coefficient (Wildman–Crippen LogP) is 4.99. The standard InChI is InChI=1S/C29H25FN2O5/c1-36-21-9-5-18(6-10-21)27(33)25-26(17-3-7-20(30)8-4-17)32(29(35)28(25)34)14-13-19-16-31-24-12-11-22(37-2)15-23(19)24/h3-12,15-16,26,31,33H,13-14H2,1-2H3/b27-25-. The third kappa shape index (κ3) is 4.42. The molecule has 188 valence electrons. The Morgan fingerprint density at radius 2 is 1.65 bits per heavy atom. The van der Waals surface area contributed by atoms with E-state index in [1.807, 2.05) is 24.4 Å². The van der Waals surface area contributed by atoms with Crippen LogP contribution in [0.2, 0.25) is 0 Å². The number of hydrogen-bond donors (Lipinski definition) is 2. The van der Waals surface area contributed by atoms with Crippen molar-refractivity contribution in [1.29, 1.82) is 0 Å². The minimum absolute atomic E-state index is 0.0395. The molecule has 2 N–H and O–H groups in total. The molecule has 1 atom stereocenters. The first-order valence-electron chi connectivity index (χ1n) is 11.7. The van der Waals surface area contributed by atoms with E-state index in [1.165, 1.54) is 36.3 Å². The number of amides is 1. The predicted molar refractivity (Wildman–Crippen MR) is 137 cm³/mol. The molecule has 1 amide bonds. The number of aromatic amines is 1. The number of fused-ring (bicyclic) bond motifs is 1. The number of ketones is 1. The summed E-state index contributed by atoms with van der Waals surface area (Å²) in [5.74, 6) is -0.953. The molecule has 0 spiro atoms. The first kappa shape index (κ1) is 24.1. The number of aliphatic hydroxyl groups is 1. The highest BCUT2D eigenvalue weighted by Gasteiger charge is 2.45. The Kier molecular flexibility index (Phi) is 6.40. The number of nitrogens with zero attached hydrogens (tertiary/aromatic N) is 1. The van der Waals surface area contributed by atoms with Gasteiger partial charge < -0.3 is 24.5 Å². The van der Waals surface area contributed by atoms with Gasteiger partial charge >= 0.3 is 0 Å². The van der Waals surface area contributed by atoms with Crippen molar-refractivity contribution in [2.45, 2.75) is 12.5 Å². The number of aliphatic hydroxyl groups excluding tert-OH is 1. The van der Waals surface area contributed by atoms with E-state index in [0.29, 0.717) is 29.0 Å². The average Bonchev–Trinajstić information content (AvgIpc) is 3.44.